The van der Waals surface area contributed by atoms with Gasteiger partial charge in [0.1, 0.15) is 12.4 Å². The molecule has 10 heteroatoms. The summed E-state index contributed by atoms with van der Waals surface area (Å²) in [6.45, 7) is 6.49. The van der Waals surface area contributed by atoms with Crippen LogP contribution in [0.2, 0.25) is 0 Å². The van der Waals surface area contributed by atoms with Crippen LogP contribution < -0.4 is 24.4 Å². The van der Waals surface area contributed by atoms with Crippen molar-refractivity contribution >= 4 is 29.4 Å². The van der Waals surface area contributed by atoms with Crippen molar-refractivity contribution in [3.8, 4) is 11.5 Å². The summed E-state index contributed by atoms with van der Waals surface area (Å²) >= 11 is 1.15. The number of halogens is 1. The number of hydrogen-bond donors (Lipinski definition) is 0. The lowest BCUT2D eigenvalue weighted by Gasteiger charge is -2.25. The Bertz CT molecular complexity index is 1600. The maximum atomic E-state index is 13.6. The zero-order chi connectivity index (χ0) is 26.7. The summed E-state index contributed by atoms with van der Waals surface area (Å²) in [6.07, 6.45) is 3.08. The maximum Gasteiger partial charge on any atom is 0.338 e. The summed E-state index contributed by atoms with van der Waals surface area (Å²) in [5, 5.41) is 0. The third-order valence-electron chi connectivity index (χ3n) is 5.50. The first-order chi connectivity index (χ1) is 17.7. The van der Waals surface area contributed by atoms with Gasteiger partial charge in [-0.3, -0.25) is 14.2 Å². The molecule has 0 saturated carbocycles. The number of aromatic nitrogens is 1. The van der Waals surface area contributed by atoms with Crippen LogP contribution in [0.15, 0.2) is 76.2 Å². The maximum absolute atomic E-state index is 13.6. The number of methoxy groups -OCH3 is 1. The van der Waals surface area contributed by atoms with Gasteiger partial charge in [-0.25, -0.2) is 14.2 Å². The van der Waals surface area contributed by atoms with Crippen molar-refractivity contribution in [1.29, 1.82) is 0 Å². The van der Waals surface area contributed by atoms with E-state index in [9.17, 15) is 18.8 Å². The average molecular weight is 523 g/mol. The second-order valence-electron chi connectivity index (χ2n) is 8.02. The lowest BCUT2D eigenvalue weighted by molar-refractivity contribution is -0.138. The van der Waals surface area contributed by atoms with E-state index in [1.807, 2.05) is 0 Å². The number of esters is 2. The first kappa shape index (κ1) is 25.8. The highest BCUT2D eigenvalue weighted by Gasteiger charge is 2.34. The van der Waals surface area contributed by atoms with E-state index in [4.69, 9.17) is 14.2 Å². The van der Waals surface area contributed by atoms with E-state index in [0.29, 0.717) is 26.2 Å². The van der Waals surface area contributed by atoms with Gasteiger partial charge < -0.3 is 14.2 Å². The van der Waals surface area contributed by atoms with E-state index < -0.39 is 18.0 Å². The van der Waals surface area contributed by atoms with Crippen molar-refractivity contribution in [2.24, 2.45) is 4.99 Å². The molecule has 8 nitrogen and oxygen atoms in total. The molecule has 37 heavy (non-hydrogen) atoms. The number of carbonyl (C=O) groups excluding carboxylic acids is 2. The molecule has 0 saturated heterocycles. The minimum Gasteiger partial charge on any atom is -0.493 e. The summed E-state index contributed by atoms with van der Waals surface area (Å²) in [6, 6.07) is 9.61. The predicted octanol–water partition coefficient (Wildman–Crippen LogP) is 3.04. The van der Waals surface area contributed by atoms with Gasteiger partial charge in [0.15, 0.2) is 16.3 Å². The standard InChI is InChI=1S/C27H23FN2O6S/c1-5-12-35-26(33)23-15(2)29-27-30(25(32)22(37-27)13-17-6-9-19(28)10-7-17)24(23)18-8-11-20(36-16(3)31)21(14-18)34-4/h5-11,13-14,24H,1,12H2,2-4H3/b22-13-. The van der Waals surface area contributed by atoms with Gasteiger partial charge in [0.05, 0.1) is 29.0 Å². The Kier molecular flexibility index (Phi) is 7.49. The van der Waals surface area contributed by atoms with Crippen molar-refractivity contribution in [3.05, 3.63) is 103 Å². The molecule has 3 aromatic rings. The summed E-state index contributed by atoms with van der Waals surface area (Å²) in [5.74, 6) is -1.12. The van der Waals surface area contributed by atoms with Gasteiger partial charge in [0.2, 0.25) is 0 Å². The number of fused-ring (bicyclic) bond motifs is 1. The minimum atomic E-state index is -0.899. The van der Waals surface area contributed by atoms with Crippen molar-refractivity contribution < 1.29 is 28.2 Å². The van der Waals surface area contributed by atoms with Crippen LogP contribution >= 0.6 is 11.3 Å². The second kappa shape index (κ2) is 10.8. The lowest BCUT2D eigenvalue weighted by atomic mass is 9.95. The van der Waals surface area contributed by atoms with Crippen LogP contribution in [0.5, 0.6) is 11.5 Å². The van der Waals surface area contributed by atoms with E-state index in [1.54, 1.807) is 37.3 Å². The van der Waals surface area contributed by atoms with Crippen LogP contribution in [-0.4, -0.2) is 30.2 Å². The fourth-order valence-electron chi connectivity index (χ4n) is 3.91. The number of hydrogen-bond acceptors (Lipinski definition) is 8. The Labute approximate surface area is 215 Å². The normalized spacial score (nSPS) is 15.0. The highest BCUT2D eigenvalue weighted by molar-refractivity contribution is 7.07. The van der Waals surface area contributed by atoms with E-state index in [1.165, 1.54) is 42.9 Å². The smallest absolute Gasteiger partial charge is 0.338 e. The molecule has 2 heterocycles. The Morgan fingerprint density at radius 3 is 2.57 bits per heavy atom. The van der Waals surface area contributed by atoms with Gasteiger partial charge >= 0.3 is 11.9 Å². The largest absolute Gasteiger partial charge is 0.493 e. The predicted molar refractivity (Wildman–Crippen MR) is 136 cm³/mol. The summed E-state index contributed by atoms with van der Waals surface area (Å²) < 4.78 is 31.1. The van der Waals surface area contributed by atoms with Crippen LogP contribution in [0.4, 0.5) is 4.39 Å². The van der Waals surface area contributed by atoms with Crippen molar-refractivity contribution in [1.82, 2.24) is 4.57 Å². The number of nitrogens with zero attached hydrogens (tertiary/aromatic N) is 2. The molecule has 190 valence electrons. The topological polar surface area (TPSA) is 96.2 Å². The molecule has 0 amide bonds. The van der Waals surface area contributed by atoms with Crippen LogP contribution in [-0.2, 0) is 14.3 Å². The number of thiazole rings is 1. The highest BCUT2D eigenvalue weighted by Crippen LogP contribution is 2.36. The Hall–Kier alpha value is -4.31. The van der Waals surface area contributed by atoms with E-state index in [2.05, 4.69) is 11.6 Å². The molecule has 1 aliphatic rings. The Balaban J connectivity index is 1.93. The number of ether oxygens (including phenoxy) is 3. The quantitative estimate of drug-likeness (QED) is 0.269. The molecule has 1 atom stereocenters. The van der Waals surface area contributed by atoms with Crippen molar-refractivity contribution in [3.63, 3.8) is 0 Å². The third-order valence-corrected chi connectivity index (χ3v) is 6.48. The molecular formula is C27H23FN2O6S. The first-order valence-electron chi connectivity index (χ1n) is 11.2. The fraction of sp³-hybridized carbons (Fsp3) is 0.185. The molecular weight excluding hydrogens is 499 g/mol. The molecule has 4 rings (SSSR count). The van der Waals surface area contributed by atoms with Gasteiger partial charge in [-0.15, -0.1) is 0 Å². The summed E-state index contributed by atoms with van der Waals surface area (Å²) in [5.41, 5.74) is 1.32. The molecule has 0 radical (unpaired) electrons. The number of carbonyl (C=O) groups is 2. The second-order valence-corrected chi connectivity index (χ2v) is 9.03. The van der Waals surface area contributed by atoms with Crippen LogP contribution in [0.3, 0.4) is 0 Å². The molecule has 0 fully saturated rings. The van der Waals surface area contributed by atoms with Crippen LogP contribution in [0.25, 0.3) is 6.08 Å². The van der Waals surface area contributed by atoms with Gasteiger partial charge in [-0.1, -0.05) is 42.2 Å². The number of benzene rings is 2. The average Bonchev–Trinajstić information content (AvgIpc) is 3.17. The highest BCUT2D eigenvalue weighted by atomic mass is 32.1. The van der Waals surface area contributed by atoms with Crippen LogP contribution in [0.1, 0.15) is 31.0 Å². The summed E-state index contributed by atoms with van der Waals surface area (Å²) in [4.78, 5) is 43.2. The zero-order valence-corrected chi connectivity index (χ0v) is 21.1. The van der Waals surface area contributed by atoms with Gasteiger partial charge in [0.25, 0.3) is 5.56 Å². The van der Waals surface area contributed by atoms with E-state index >= 15 is 0 Å². The molecule has 1 aliphatic heterocycles. The molecule has 0 spiro atoms. The van der Waals surface area contributed by atoms with Gasteiger partial charge in [-0.2, -0.15) is 0 Å². The van der Waals surface area contributed by atoms with Crippen molar-refractivity contribution in [2.75, 3.05) is 13.7 Å². The molecule has 0 N–H and O–H groups in total. The molecule has 2 aromatic carbocycles. The first-order valence-corrected chi connectivity index (χ1v) is 12.0. The Morgan fingerprint density at radius 1 is 1.19 bits per heavy atom. The number of allylic oxidation sites excluding steroid dienone is 1. The van der Waals surface area contributed by atoms with Gasteiger partial charge in [-0.05, 0) is 48.4 Å². The lowest BCUT2D eigenvalue weighted by Crippen LogP contribution is -2.40. The minimum absolute atomic E-state index is 0.0218. The van der Waals surface area contributed by atoms with Crippen molar-refractivity contribution in [2.45, 2.75) is 19.9 Å². The SMILES string of the molecule is C=CCOC(=O)C1=C(C)N=c2s/c(=C\c3ccc(F)cc3)c(=O)n2C1c1ccc(OC(C)=O)c(OC)c1. The summed E-state index contributed by atoms with van der Waals surface area (Å²) in [7, 11) is 1.42. The monoisotopic (exact) mass is 522 g/mol. The number of rotatable bonds is 7. The van der Waals surface area contributed by atoms with Crippen LogP contribution in [0, 0.1) is 5.82 Å². The van der Waals surface area contributed by atoms with Gasteiger partial charge in [0, 0.05) is 6.92 Å². The fourth-order valence-corrected chi connectivity index (χ4v) is 4.96. The third kappa shape index (κ3) is 5.29. The molecule has 1 unspecified atom stereocenters. The zero-order valence-electron chi connectivity index (χ0n) is 20.3. The molecule has 0 bridgehead atoms. The Morgan fingerprint density at radius 2 is 1.92 bits per heavy atom. The van der Waals surface area contributed by atoms with E-state index in [0.717, 1.165) is 11.3 Å². The molecule has 0 aliphatic carbocycles. The molecule has 1 aromatic heterocycles. The van der Waals surface area contributed by atoms with E-state index in [-0.39, 0.29) is 35.1 Å².